The number of anilines is 1. The van der Waals surface area contributed by atoms with Crippen molar-refractivity contribution >= 4 is 28.2 Å². The van der Waals surface area contributed by atoms with E-state index in [1.807, 2.05) is 7.05 Å². The zero-order valence-electron chi connectivity index (χ0n) is 11.1. The molecular formula is C13H15N5OS. The van der Waals surface area contributed by atoms with Gasteiger partial charge < -0.3 is 10.0 Å². The first kappa shape index (κ1) is 13.0. The number of nitrogens with zero attached hydrogens (tertiary/aromatic N) is 5. The van der Waals surface area contributed by atoms with Gasteiger partial charge in [-0.05, 0) is 22.4 Å². The molecule has 3 rings (SSSR count). The van der Waals surface area contributed by atoms with Crippen molar-refractivity contribution in [2.24, 2.45) is 0 Å². The quantitative estimate of drug-likeness (QED) is 0.771. The fourth-order valence-corrected chi connectivity index (χ4v) is 2.83. The Hall–Kier alpha value is -1.99. The molecule has 0 bridgehead atoms. The molecule has 1 N–H and O–H groups in total. The van der Waals surface area contributed by atoms with Crippen LogP contribution in [0.5, 0.6) is 0 Å². The van der Waals surface area contributed by atoms with Crippen LogP contribution in [0.3, 0.4) is 0 Å². The molecular weight excluding hydrogens is 274 g/mol. The second-order valence-electron chi connectivity index (χ2n) is 4.51. The largest absolute Gasteiger partial charge is 0.394 e. The van der Waals surface area contributed by atoms with Crippen molar-refractivity contribution in [2.45, 2.75) is 13.1 Å². The van der Waals surface area contributed by atoms with Crippen LogP contribution in [-0.4, -0.2) is 38.5 Å². The Morgan fingerprint density at radius 3 is 3.05 bits per heavy atom. The zero-order valence-corrected chi connectivity index (χ0v) is 11.9. The summed E-state index contributed by atoms with van der Waals surface area (Å²) < 4.78 is 1.69. The lowest BCUT2D eigenvalue weighted by atomic mass is 10.3. The predicted molar refractivity (Wildman–Crippen MR) is 78.8 cm³/mol. The number of hydrogen-bond donors (Lipinski definition) is 1. The van der Waals surface area contributed by atoms with Crippen molar-refractivity contribution in [3.63, 3.8) is 0 Å². The van der Waals surface area contributed by atoms with Gasteiger partial charge in [0.2, 0.25) is 0 Å². The van der Waals surface area contributed by atoms with Gasteiger partial charge >= 0.3 is 0 Å². The third-order valence-electron chi connectivity index (χ3n) is 3.09. The summed E-state index contributed by atoms with van der Waals surface area (Å²) >= 11 is 1.69. The molecule has 20 heavy (non-hydrogen) atoms. The van der Waals surface area contributed by atoms with Crippen LogP contribution in [0.15, 0.2) is 29.4 Å². The minimum Gasteiger partial charge on any atom is -0.394 e. The smallest absolute Gasteiger partial charge is 0.163 e. The van der Waals surface area contributed by atoms with Crippen LogP contribution in [0, 0.1) is 0 Å². The molecule has 0 radical (unpaired) electrons. The highest BCUT2D eigenvalue weighted by atomic mass is 32.1. The first-order chi connectivity index (χ1) is 9.79. The summed E-state index contributed by atoms with van der Waals surface area (Å²) in [5.41, 5.74) is 2.01. The Morgan fingerprint density at radius 2 is 2.30 bits per heavy atom. The van der Waals surface area contributed by atoms with E-state index in [4.69, 9.17) is 5.11 Å². The van der Waals surface area contributed by atoms with E-state index in [0.717, 1.165) is 23.4 Å². The zero-order chi connectivity index (χ0) is 13.9. The first-order valence-electron chi connectivity index (χ1n) is 6.29. The maximum atomic E-state index is 9.03. The van der Waals surface area contributed by atoms with Crippen molar-refractivity contribution in [3.05, 3.63) is 34.9 Å². The van der Waals surface area contributed by atoms with E-state index in [-0.39, 0.29) is 6.61 Å². The number of aliphatic hydroxyl groups excluding tert-OH is 1. The topological polar surface area (TPSA) is 67.1 Å². The summed E-state index contributed by atoms with van der Waals surface area (Å²) in [5.74, 6) is 0.852. The molecule has 0 saturated carbocycles. The SMILES string of the molecule is CN(Cc1ccsc1)c1ncnc2c1cnn2CCO. The molecule has 0 atom stereocenters. The van der Waals surface area contributed by atoms with E-state index in [2.05, 4.69) is 36.8 Å². The summed E-state index contributed by atoms with van der Waals surface area (Å²) in [7, 11) is 2.00. The summed E-state index contributed by atoms with van der Waals surface area (Å²) in [4.78, 5) is 10.7. The van der Waals surface area contributed by atoms with E-state index in [9.17, 15) is 0 Å². The highest BCUT2D eigenvalue weighted by Crippen LogP contribution is 2.23. The van der Waals surface area contributed by atoms with Gasteiger partial charge in [-0.15, -0.1) is 0 Å². The number of aromatic nitrogens is 4. The molecule has 3 heterocycles. The van der Waals surface area contributed by atoms with Gasteiger partial charge in [-0.25, -0.2) is 14.6 Å². The van der Waals surface area contributed by atoms with E-state index in [1.165, 1.54) is 11.9 Å². The number of hydrogen-bond acceptors (Lipinski definition) is 6. The van der Waals surface area contributed by atoms with Crippen molar-refractivity contribution in [1.29, 1.82) is 0 Å². The second kappa shape index (κ2) is 5.56. The lowest BCUT2D eigenvalue weighted by Gasteiger charge is -2.17. The van der Waals surface area contributed by atoms with Gasteiger partial charge in [0.05, 0.1) is 24.7 Å². The minimum absolute atomic E-state index is 0.0425. The summed E-state index contributed by atoms with van der Waals surface area (Å²) in [5, 5.41) is 18.4. The van der Waals surface area contributed by atoms with Gasteiger partial charge in [-0.1, -0.05) is 0 Å². The highest BCUT2D eigenvalue weighted by molar-refractivity contribution is 7.07. The molecule has 0 fully saturated rings. The Morgan fingerprint density at radius 1 is 1.40 bits per heavy atom. The molecule has 0 unspecified atom stereocenters. The second-order valence-corrected chi connectivity index (χ2v) is 5.29. The van der Waals surface area contributed by atoms with E-state index < -0.39 is 0 Å². The van der Waals surface area contributed by atoms with Gasteiger partial charge in [0.25, 0.3) is 0 Å². The fourth-order valence-electron chi connectivity index (χ4n) is 2.17. The van der Waals surface area contributed by atoms with Gasteiger partial charge in [-0.2, -0.15) is 16.4 Å². The van der Waals surface area contributed by atoms with Crippen molar-refractivity contribution in [2.75, 3.05) is 18.6 Å². The van der Waals surface area contributed by atoms with Crippen molar-refractivity contribution in [1.82, 2.24) is 19.7 Å². The molecule has 3 aromatic heterocycles. The van der Waals surface area contributed by atoms with Crippen molar-refractivity contribution < 1.29 is 5.11 Å². The van der Waals surface area contributed by atoms with Gasteiger partial charge in [-0.3, -0.25) is 0 Å². The number of fused-ring (bicyclic) bond motifs is 1. The molecule has 0 amide bonds. The monoisotopic (exact) mass is 289 g/mol. The van der Waals surface area contributed by atoms with Gasteiger partial charge in [0.1, 0.15) is 12.1 Å². The van der Waals surface area contributed by atoms with E-state index in [1.54, 1.807) is 22.2 Å². The molecule has 0 aliphatic rings. The van der Waals surface area contributed by atoms with Crippen LogP contribution in [0.1, 0.15) is 5.56 Å². The Bertz CT molecular complexity index is 694. The molecule has 0 aliphatic heterocycles. The van der Waals surface area contributed by atoms with Crippen LogP contribution in [0.2, 0.25) is 0 Å². The average Bonchev–Trinajstić information content (AvgIpc) is 3.09. The lowest BCUT2D eigenvalue weighted by Crippen LogP contribution is -2.17. The predicted octanol–water partition coefficient (Wildman–Crippen LogP) is 1.52. The minimum atomic E-state index is 0.0425. The maximum absolute atomic E-state index is 9.03. The van der Waals surface area contributed by atoms with Crippen LogP contribution in [-0.2, 0) is 13.1 Å². The van der Waals surface area contributed by atoms with Crippen LogP contribution in [0.4, 0.5) is 5.82 Å². The molecule has 0 spiro atoms. The molecule has 104 valence electrons. The lowest BCUT2D eigenvalue weighted by molar-refractivity contribution is 0.271. The summed E-state index contributed by atoms with van der Waals surface area (Å²) in [6, 6.07) is 2.11. The van der Waals surface area contributed by atoms with E-state index in [0.29, 0.717) is 6.54 Å². The van der Waals surface area contributed by atoms with E-state index >= 15 is 0 Å². The van der Waals surface area contributed by atoms with Gasteiger partial charge in [0.15, 0.2) is 5.65 Å². The van der Waals surface area contributed by atoms with Crippen LogP contribution < -0.4 is 4.90 Å². The average molecular weight is 289 g/mol. The Balaban J connectivity index is 1.94. The molecule has 7 heteroatoms. The molecule has 6 nitrogen and oxygen atoms in total. The normalized spacial score (nSPS) is 11.1. The molecule has 0 saturated heterocycles. The highest BCUT2D eigenvalue weighted by Gasteiger charge is 2.13. The van der Waals surface area contributed by atoms with Crippen molar-refractivity contribution in [3.8, 4) is 0 Å². The van der Waals surface area contributed by atoms with Gasteiger partial charge in [0, 0.05) is 13.6 Å². The summed E-state index contributed by atoms with van der Waals surface area (Å²) in [6.45, 7) is 1.27. The fraction of sp³-hybridized carbons (Fsp3) is 0.308. The third kappa shape index (κ3) is 2.37. The maximum Gasteiger partial charge on any atom is 0.163 e. The number of aliphatic hydroxyl groups is 1. The Labute approximate surface area is 120 Å². The number of rotatable bonds is 5. The third-order valence-corrected chi connectivity index (χ3v) is 3.82. The number of thiophene rings is 1. The molecule has 3 aromatic rings. The first-order valence-corrected chi connectivity index (χ1v) is 7.23. The van der Waals surface area contributed by atoms with Crippen LogP contribution >= 0.6 is 11.3 Å². The summed E-state index contributed by atoms with van der Waals surface area (Å²) in [6.07, 6.45) is 3.29. The molecule has 0 aromatic carbocycles. The Kier molecular flexibility index (Phi) is 3.62. The molecule has 0 aliphatic carbocycles. The van der Waals surface area contributed by atoms with Crippen LogP contribution in [0.25, 0.3) is 11.0 Å². The standard InChI is InChI=1S/C13H15N5OS/c1-17(7-10-2-5-20-8-10)12-11-6-16-18(3-4-19)13(11)15-9-14-12/h2,5-6,8-9,19H,3-4,7H2,1H3.